The highest BCUT2D eigenvalue weighted by Crippen LogP contribution is 2.43. The van der Waals surface area contributed by atoms with E-state index in [4.69, 9.17) is 0 Å². The lowest BCUT2D eigenvalue weighted by atomic mass is 9.96. The average molecular weight is 811 g/mol. The molecule has 8 aromatic carbocycles. The number of hydrogen-bond acceptors (Lipinski definition) is 2. The van der Waals surface area contributed by atoms with E-state index in [-0.39, 0.29) is 11.1 Å². The lowest BCUT2D eigenvalue weighted by molar-refractivity contribution is -0.137. The normalized spacial score (nSPS) is 11.8. The summed E-state index contributed by atoms with van der Waals surface area (Å²) >= 11 is 0. The minimum Gasteiger partial charge on any atom is -0.308 e. The van der Waals surface area contributed by atoms with Crippen molar-refractivity contribution in [3.8, 4) is 56.9 Å². The summed E-state index contributed by atoms with van der Waals surface area (Å²) in [5.74, 6) is 0. The molecule has 0 radical (unpaired) electrons. The third kappa shape index (κ3) is 6.38. The molecule has 2 aromatic heterocycles. The molecular weight excluding hydrogens is 774 g/mol. The lowest BCUT2D eigenvalue weighted by Crippen LogP contribution is -2.07. The summed E-state index contributed by atoms with van der Waals surface area (Å²) in [4.78, 5) is 0. The quantitative estimate of drug-likeness (QED) is 0.174. The van der Waals surface area contributed by atoms with Crippen LogP contribution < -0.4 is 0 Å². The van der Waals surface area contributed by atoms with Gasteiger partial charge in [0.05, 0.1) is 50.6 Å². The van der Waals surface area contributed by atoms with Gasteiger partial charge < -0.3 is 9.13 Å². The van der Waals surface area contributed by atoms with Crippen molar-refractivity contribution in [2.75, 3.05) is 0 Å². The molecule has 298 valence electrons. The first-order valence-corrected chi connectivity index (χ1v) is 20.3. The van der Waals surface area contributed by atoms with Gasteiger partial charge in [-0.2, -0.15) is 23.7 Å². The predicted molar refractivity (Wildman–Crippen MR) is 245 cm³/mol. The maximum absolute atomic E-state index is 14.5. The molecule has 0 aliphatic rings. The van der Waals surface area contributed by atoms with Crippen LogP contribution in [0.4, 0.5) is 13.2 Å². The third-order valence-electron chi connectivity index (χ3n) is 11.9. The van der Waals surface area contributed by atoms with E-state index in [0.717, 1.165) is 100 Å². The van der Waals surface area contributed by atoms with Crippen LogP contribution in [0.25, 0.3) is 88.4 Å². The minimum atomic E-state index is -4.70. The maximum Gasteiger partial charge on any atom is 0.416 e. The SMILES string of the molecule is Cc1cc(C)cc(-c2ccc3c4ccccc4n(-c4cc(-c5cc(C#N)cc(C(F)(F)F)c5)cc(-n5c6ccccc6c6ccc(-c7cc(C)cc(C)c7)cc65)c4C#N)c3c2)c1. The molecule has 62 heavy (non-hydrogen) atoms. The van der Waals surface area contributed by atoms with Crippen LogP contribution in [0.3, 0.4) is 0 Å². The highest BCUT2D eigenvalue weighted by Gasteiger charge is 2.32. The number of fused-ring (bicyclic) bond motifs is 6. The Morgan fingerprint density at radius 2 is 0.823 bits per heavy atom. The van der Waals surface area contributed by atoms with Crippen LogP contribution in [0.1, 0.15) is 38.9 Å². The van der Waals surface area contributed by atoms with Crippen molar-refractivity contribution < 1.29 is 13.2 Å². The smallest absolute Gasteiger partial charge is 0.308 e. The molecule has 0 spiro atoms. The van der Waals surface area contributed by atoms with E-state index in [1.807, 2.05) is 42.5 Å². The van der Waals surface area contributed by atoms with Gasteiger partial charge in [0.1, 0.15) is 11.6 Å². The van der Waals surface area contributed by atoms with Gasteiger partial charge in [-0.15, -0.1) is 0 Å². The van der Waals surface area contributed by atoms with Crippen molar-refractivity contribution >= 4 is 43.6 Å². The minimum absolute atomic E-state index is 0.118. The molecular formula is C55H37F3N4. The van der Waals surface area contributed by atoms with Gasteiger partial charge in [0, 0.05) is 21.5 Å². The second-order valence-corrected chi connectivity index (χ2v) is 16.3. The van der Waals surface area contributed by atoms with Crippen molar-refractivity contribution in [3.05, 3.63) is 191 Å². The fourth-order valence-electron chi connectivity index (χ4n) is 9.37. The van der Waals surface area contributed by atoms with E-state index in [1.54, 1.807) is 12.1 Å². The highest BCUT2D eigenvalue weighted by molar-refractivity contribution is 6.12. The van der Waals surface area contributed by atoms with Gasteiger partial charge >= 0.3 is 6.18 Å². The number of nitrogens with zero attached hydrogens (tertiary/aromatic N) is 4. The molecule has 0 fully saturated rings. The van der Waals surface area contributed by atoms with E-state index >= 15 is 0 Å². The Kier molecular flexibility index (Phi) is 8.91. The molecule has 10 aromatic rings. The van der Waals surface area contributed by atoms with Crippen molar-refractivity contribution in [2.45, 2.75) is 33.9 Å². The summed E-state index contributed by atoms with van der Waals surface area (Å²) in [7, 11) is 0. The average Bonchev–Trinajstić information content (AvgIpc) is 3.76. The molecule has 0 aliphatic carbocycles. The van der Waals surface area contributed by atoms with Crippen LogP contribution in [0.2, 0.25) is 0 Å². The summed E-state index contributed by atoms with van der Waals surface area (Å²) in [5.41, 5.74) is 12.9. The summed E-state index contributed by atoms with van der Waals surface area (Å²) < 4.78 is 47.7. The molecule has 0 saturated carbocycles. The summed E-state index contributed by atoms with van der Waals surface area (Å²) in [6.07, 6.45) is -4.70. The molecule has 2 heterocycles. The zero-order valence-corrected chi connectivity index (χ0v) is 34.4. The Bertz CT molecular complexity index is 3360. The Hall–Kier alpha value is -7.87. The molecule has 4 nitrogen and oxygen atoms in total. The second-order valence-electron chi connectivity index (χ2n) is 16.3. The first-order chi connectivity index (χ1) is 29.9. The molecule has 0 atom stereocenters. The van der Waals surface area contributed by atoms with Gasteiger partial charge in [0.25, 0.3) is 0 Å². The molecule has 7 heteroatoms. The number of rotatable bonds is 5. The van der Waals surface area contributed by atoms with Gasteiger partial charge in [-0.25, -0.2) is 0 Å². The monoisotopic (exact) mass is 810 g/mol. The Balaban J connectivity index is 1.36. The largest absolute Gasteiger partial charge is 0.416 e. The van der Waals surface area contributed by atoms with Gasteiger partial charge in [-0.05, 0) is 116 Å². The van der Waals surface area contributed by atoms with Crippen molar-refractivity contribution in [3.63, 3.8) is 0 Å². The highest BCUT2D eigenvalue weighted by atomic mass is 19.4. The van der Waals surface area contributed by atoms with Gasteiger partial charge in [-0.3, -0.25) is 0 Å². The number of hydrogen-bond donors (Lipinski definition) is 0. The maximum atomic E-state index is 14.5. The predicted octanol–water partition coefficient (Wildman–Crippen LogP) is 14.9. The number of halogens is 3. The zero-order valence-electron chi connectivity index (χ0n) is 34.4. The third-order valence-corrected chi connectivity index (χ3v) is 11.9. The summed E-state index contributed by atoms with van der Waals surface area (Å²) in [6.45, 7) is 8.29. The fraction of sp³-hybridized carbons (Fsp3) is 0.0909. The number of para-hydroxylation sites is 2. The topological polar surface area (TPSA) is 57.4 Å². The number of alkyl halides is 3. The summed E-state index contributed by atoms with van der Waals surface area (Å²) in [6, 6.07) is 53.1. The van der Waals surface area contributed by atoms with Crippen molar-refractivity contribution in [1.29, 1.82) is 10.5 Å². The Morgan fingerprint density at radius 3 is 1.26 bits per heavy atom. The molecule has 0 N–H and O–H groups in total. The molecule has 0 unspecified atom stereocenters. The van der Waals surface area contributed by atoms with Gasteiger partial charge in [0.15, 0.2) is 0 Å². The number of aryl methyl sites for hydroxylation is 4. The van der Waals surface area contributed by atoms with E-state index < -0.39 is 11.7 Å². The van der Waals surface area contributed by atoms with Crippen LogP contribution in [-0.2, 0) is 6.18 Å². The number of nitriles is 2. The first kappa shape index (κ1) is 38.3. The first-order valence-electron chi connectivity index (χ1n) is 20.3. The van der Waals surface area contributed by atoms with E-state index in [1.165, 1.54) is 6.07 Å². The fourth-order valence-corrected chi connectivity index (χ4v) is 9.37. The van der Waals surface area contributed by atoms with Crippen LogP contribution in [0.15, 0.2) is 152 Å². The Labute approximate surface area is 356 Å². The van der Waals surface area contributed by atoms with Crippen LogP contribution in [0, 0.1) is 50.4 Å². The van der Waals surface area contributed by atoms with Gasteiger partial charge in [0.2, 0.25) is 0 Å². The second kappa shape index (κ2) is 14.4. The van der Waals surface area contributed by atoms with E-state index in [0.29, 0.717) is 22.5 Å². The van der Waals surface area contributed by atoms with Crippen LogP contribution in [0.5, 0.6) is 0 Å². The van der Waals surface area contributed by atoms with E-state index in [2.05, 4.69) is 128 Å². The molecule has 0 saturated heterocycles. The molecule has 0 aliphatic heterocycles. The summed E-state index contributed by atoms with van der Waals surface area (Å²) in [5, 5.41) is 25.4. The van der Waals surface area contributed by atoms with Gasteiger partial charge in [-0.1, -0.05) is 119 Å². The van der Waals surface area contributed by atoms with Crippen molar-refractivity contribution in [1.82, 2.24) is 9.13 Å². The number of benzene rings is 8. The zero-order chi connectivity index (χ0) is 43.0. The lowest BCUT2D eigenvalue weighted by Gasteiger charge is -2.19. The Morgan fingerprint density at radius 1 is 0.403 bits per heavy atom. The molecule has 10 rings (SSSR count). The number of aromatic nitrogens is 2. The van der Waals surface area contributed by atoms with Crippen LogP contribution >= 0.6 is 0 Å². The standard InChI is InChI=1S/C55H37F3N4/c1-32-17-33(2)20-39(19-32)37-13-15-46-44-9-5-7-11-49(44)61(51(46)26-37)53-28-42(41-23-36(30-59)24-43(25-41)55(56,57)58)29-54(48(53)31-60)62-50-12-8-6-10-45(50)47-16-14-38(27-52(47)62)40-21-34(3)18-35(4)22-40/h5-29H,1-4H3. The van der Waals surface area contributed by atoms with Crippen LogP contribution in [-0.4, -0.2) is 9.13 Å². The molecule has 0 amide bonds. The van der Waals surface area contributed by atoms with Crippen molar-refractivity contribution in [2.24, 2.45) is 0 Å². The molecule has 0 bridgehead atoms. The van der Waals surface area contributed by atoms with E-state index in [9.17, 15) is 23.7 Å².